The molecule has 0 amide bonds. The van der Waals surface area contributed by atoms with E-state index in [1.807, 2.05) is 20.8 Å². The first-order valence-corrected chi connectivity index (χ1v) is 8.62. The lowest BCUT2D eigenvalue weighted by Gasteiger charge is -2.25. The van der Waals surface area contributed by atoms with E-state index in [0.717, 1.165) is 0 Å². The van der Waals surface area contributed by atoms with Crippen LogP contribution in [0.4, 0.5) is 0 Å². The van der Waals surface area contributed by atoms with Gasteiger partial charge < -0.3 is 5.11 Å². The quantitative estimate of drug-likeness (QED) is 0.791. The van der Waals surface area contributed by atoms with Crippen molar-refractivity contribution >= 4 is 31.9 Å². The molecule has 1 unspecified atom stereocenters. The normalized spacial score (nSPS) is 13.9. The summed E-state index contributed by atoms with van der Waals surface area (Å²) in [7, 11) is -3.81. The number of rotatable bonds is 6. The molecule has 1 aromatic heterocycles. The van der Waals surface area contributed by atoms with Gasteiger partial charge in [0.1, 0.15) is 4.90 Å². The summed E-state index contributed by atoms with van der Waals surface area (Å²) in [6.07, 6.45) is 2.85. The zero-order valence-corrected chi connectivity index (χ0v) is 14.5. The van der Waals surface area contributed by atoms with Gasteiger partial charge in [-0.15, -0.1) is 0 Å². The van der Waals surface area contributed by atoms with Gasteiger partial charge >= 0.3 is 5.97 Å². The molecule has 1 aromatic rings. The predicted molar refractivity (Wildman–Crippen MR) is 82.4 cm³/mol. The molecule has 0 bridgehead atoms. The molecule has 1 atom stereocenters. The molecule has 0 fully saturated rings. The number of nitrogens with one attached hydrogen (secondary N) is 1. The molecule has 0 aromatic carbocycles. The maximum atomic E-state index is 12.3. The lowest BCUT2D eigenvalue weighted by molar-refractivity contribution is -0.137. The highest BCUT2D eigenvalue weighted by Crippen LogP contribution is 2.24. The fraction of sp³-hybridized carbons (Fsp3) is 0.538. The van der Waals surface area contributed by atoms with Crippen LogP contribution < -0.4 is 4.72 Å². The summed E-state index contributed by atoms with van der Waals surface area (Å²) in [5.74, 6) is -1.04. The third kappa shape index (κ3) is 6.54. The van der Waals surface area contributed by atoms with Crippen LogP contribution in [-0.2, 0) is 14.8 Å². The van der Waals surface area contributed by atoms with E-state index in [1.165, 1.54) is 18.5 Å². The molecule has 0 aliphatic carbocycles. The molecule has 1 rings (SSSR count). The highest BCUT2D eigenvalue weighted by molar-refractivity contribution is 9.10. The topological polar surface area (TPSA) is 96.4 Å². The average Bonchev–Trinajstić information content (AvgIpc) is 2.24. The Hall–Kier alpha value is -0.990. The largest absolute Gasteiger partial charge is 0.481 e. The Morgan fingerprint density at radius 3 is 2.52 bits per heavy atom. The summed E-state index contributed by atoms with van der Waals surface area (Å²) in [5, 5.41) is 8.94. The number of aromatic nitrogens is 1. The van der Waals surface area contributed by atoms with Crippen LogP contribution in [0.15, 0.2) is 27.8 Å². The second-order valence-corrected chi connectivity index (χ2v) is 8.65. The van der Waals surface area contributed by atoms with E-state index in [9.17, 15) is 13.2 Å². The van der Waals surface area contributed by atoms with E-state index in [1.54, 1.807) is 0 Å². The van der Waals surface area contributed by atoms with Crippen LogP contribution in [0.25, 0.3) is 0 Å². The average molecular weight is 379 g/mol. The van der Waals surface area contributed by atoms with Gasteiger partial charge in [-0.05, 0) is 33.8 Å². The molecule has 0 aliphatic rings. The summed E-state index contributed by atoms with van der Waals surface area (Å²) in [6, 6.07) is 0.746. The van der Waals surface area contributed by atoms with Crippen molar-refractivity contribution < 1.29 is 18.3 Å². The zero-order chi connectivity index (χ0) is 16.3. The van der Waals surface area contributed by atoms with Crippen molar-refractivity contribution in [3.63, 3.8) is 0 Å². The van der Waals surface area contributed by atoms with Gasteiger partial charge in [-0.1, -0.05) is 20.8 Å². The van der Waals surface area contributed by atoms with Crippen LogP contribution in [0, 0.1) is 5.41 Å². The van der Waals surface area contributed by atoms with Crippen LogP contribution in [0.3, 0.4) is 0 Å². The van der Waals surface area contributed by atoms with Gasteiger partial charge in [-0.25, -0.2) is 13.1 Å². The smallest absolute Gasteiger partial charge is 0.304 e. The SMILES string of the molecule is CC(C)(C)CC(CC(=O)O)NS(=O)(=O)c1cncc(Br)c1. The lowest BCUT2D eigenvalue weighted by atomic mass is 9.87. The molecule has 21 heavy (non-hydrogen) atoms. The summed E-state index contributed by atoms with van der Waals surface area (Å²) < 4.78 is 27.6. The Morgan fingerprint density at radius 2 is 2.05 bits per heavy atom. The van der Waals surface area contributed by atoms with Crippen molar-refractivity contribution in [1.82, 2.24) is 9.71 Å². The fourth-order valence-corrected chi connectivity index (χ4v) is 3.67. The highest BCUT2D eigenvalue weighted by atomic mass is 79.9. The van der Waals surface area contributed by atoms with Crippen molar-refractivity contribution in [1.29, 1.82) is 0 Å². The van der Waals surface area contributed by atoms with E-state index >= 15 is 0 Å². The number of nitrogens with zero attached hydrogens (tertiary/aromatic N) is 1. The molecule has 0 saturated carbocycles. The monoisotopic (exact) mass is 378 g/mol. The molecule has 0 saturated heterocycles. The van der Waals surface area contributed by atoms with E-state index < -0.39 is 22.0 Å². The van der Waals surface area contributed by atoms with Crippen molar-refractivity contribution in [2.75, 3.05) is 0 Å². The van der Waals surface area contributed by atoms with Crippen molar-refractivity contribution in [3.8, 4) is 0 Å². The van der Waals surface area contributed by atoms with Crippen molar-refractivity contribution in [3.05, 3.63) is 22.9 Å². The number of aliphatic carboxylic acids is 1. The van der Waals surface area contributed by atoms with E-state index in [2.05, 4.69) is 25.6 Å². The first-order chi connectivity index (χ1) is 9.49. The minimum absolute atomic E-state index is 0.00109. The summed E-state index contributed by atoms with van der Waals surface area (Å²) in [6.45, 7) is 5.78. The van der Waals surface area contributed by atoms with Crippen LogP contribution in [-0.4, -0.2) is 30.5 Å². The number of hydrogen-bond donors (Lipinski definition) is 2. The number of sulfonamides is 1. The first-order valence-electron chi connectivity index (χ1n) is 6.34. The van der Waals surface area contributed by atoms with Gasteiger partial charge in [-0.3, -0.25) is 9.78 Å². The summed E-state index contributed by atoms with van der Waals surface area (Å²) in [5.41, 5.74) is -0.196. The van der Waals surface area contributed by atoms with Gasteiger partial charge in [0.2, 0.25) is 10.0 Å². The second kappa shape index (κ2) is 6.85. The maximum Gasteiger partial charge on any atom is 0.304 e. The predicted octanol–water partition coefficient (Wildman–Crippen LogP) is 2.40. The number of hydrogen-bond acceptors (Lipinski definition) is 4. The van der Waals surface area contributed by atoms with Crippen LogP contribution in [0.2, 0.25) is 0 Å². The van der Waals surface area contributed by atoms with Gasteiger partial charge in [0.25, 0.3) is 0 Å². The maximum absolute atomic E-state index is 12.3. The molecule has 118 valence electrons. The highest BCUT2D eigenvalue weighted by Gasteiger charge is 2.26. The molecule has 0 spiro atoms. The Bertz CT molecular complexity index is 611. The lowest BCUT2D eigenvalue weighted by Crippen LogP contribution is -2.39. The molecule has 6 nitrogen and oxygen atoms in total. The number of carbonyl (C=O) groups is 1. The molecular formula is C13H19BrN2O4S. The molecule has 8 heteroatoms. The standard InChI is InChI=1S/C13H19BrN2O4S/c1-13(2,3)6-10(5-12(17)18)16-21(19,20)11-4-9(14)7-15-8-11/h4,7-8,10,16H,5-6H2,1-3H3,(H,17,18). The number of halogens is 1. The number of pyridine rings is 1. The van der Waals surface area contributed by atoms with Crippen molar-refractivity contribution in [2.24, 2.45) is 5.41 Å². The van der Waals surface area contributed by atoms with E-state index in [0.29, 0.717) is 10.9 Å². The van der Waals surface area contributed by atoms with E-state index in [4.69, 9.17) is 5.11 Å². The Morgan fingerprint density at radius 1 is 1.43 bits per heavy atom. The Labute approximate surface area is 133 Å². The van der Waals surface area contributed by atoms with Gasteiger partial charge in [0, 0.05) is 22.9 Å². The summed E-state index contributed by atoms with van der Waals surface area (Å²) in [4.78, 5) is 14.7. The molecule has 2 N–H and O–H groups in total. The zero-order valence-electron chi connectivity index (χ0n) is 12.1. The molecule has 0 radical (unpaired) electrons. The summed E-state index contributed by atoms with van der Waals surface area (Å²) >= 11 is 3.16. The third-order valence-corrected chi connectivity index (χ3v) is 4.51. The van der Waals surface area contributed by atoms with Crippen LogP contribution in [0.5, 0.6) is 0 Å². The Balaban J connectivity index is 2.98. The number of carboxylic acids is 1. The second-order valence-electron chi connectivity index (χ2n) is 6.02. The third-order valence-electron chi connectivity index (χ3n) is 2.59. The van der Waals surface area contributed by atoms with Gasteiger partial charge in [-0.2, -0.15) is 0 Å². The first kappa shape index (κ1) is 18.1. The molecular weight excluding hydrogens is 360 g/mol. The van der Waals surface area contributed by atoms with Crippen molar-refractivity contribution in [2.45, 2.75) is 44.6 Å². The van der Waals surface area contributed by atoms with E-state index in [-0.39, 0.29) is 16.7 Å². The number of carboxylic acid groups (broad SMARTS) is 1. The van der Waals surface area contributed by atoms with Crippen LogP contribution >= 0.6 is 15.9 Å². The molecule has 0 aliphatic heterocycles. The van der Waals surface area contributed by atoms with Gasteiger partial charge in [0.05, 0.1) is 6.42 Å². The Kier molecular flexibility index (Phi) is 5.89. The minimum Gasteiger partial charge on any atom is -0.481 e. The fourth-order valence-electron chi connectivity index (χ4n) is 1.93. The molecule has 1 heterocycles. The minimum atomic E-state index is -3.81. The van der Waals surface area contributed by atoms with Crippen LogP contribution in [0.1, 0.15) is 33.6 Å². The van der Waals surface area contributed by atoms with Gasteiger partial charge in [0.15, 0.2) is 0 Å².